The third-order valence-corrected chi connectivity index (χ3v) is 4.44. The van der Waals surface area contributed by atoms with Gasteiger partial charge in [-0.2, -0.15) is 0 Å². The van der Waals surface area contributed by atoms with Crippen molar-refractivity contribution in [3.8, 4) is 11.1 Å². The molecule has 0 radical (unpaired) electrons. The van der Waals surface area contributed by atoms with Crippen LogP contribution in [0.2, 0.25) is 0 Å². The zero-order valence-corrected chi connectivity index (χ0v) is 13.8. The molecule has 5 heteroatoms. The fourth-order valence-electron chi connectivity index (χ4n) is 1.91. The summed E-state index contributed by atoms with van der Waals surface area (Å²) < 4.78 is 21.1. The lowest BCUT2D eigenvalue weighted by Gasteiger charge is -2.17. The Morgan fingerprint density at radius 1 is 1.24 bits per heavy atom. The standard InChI is InChI=1S/C16H20N2O2S/c1-11-8-6-7-9-13(11)15-12(2)18-20-14(15)10-17-21(19)16(3,4)5/h6-10H,1-5H3. The first kappa shape index (κ1) is 15.8. The summed E-state index contributed by atoms with van der Waals surface area (Å²) in [6.45, 7) is 9.58. The number of aromatic nitrogens is 1. The molecule has 4 nitrogen and oxygen atoms in total. The van der Waals surface area contributed by atoms with Gasteiger partial charge in [0.15, 0.2) is 5.76 Å². The molecule has 2 rings (SSSR count). The Morgan fingerprint density at radius 2 is 1.90 bits per heavy atom. The molecule has 112 valence electrons. The van der Waals surface area contributed by atoms with Crippen molar-refractivity contribution < 1.29 is 9.08 Å². The SMILES string of the molecule is Cc1ccccc1-c1c(C)noc1C=N[S+]([O-])C(C)(C)C. The van der Waals surface area contributed by atoms with E-state index in [1.165, 1.54) is 6.21 Å². The molecule has 2 aromatic rings. The van der Waals surface area contributed by atoms with Crippen LogP contribution in [0, 0.1) is 13.8 Å². The summed E-state index contributed by atoms with van der Waals surface area (Å²) in [4.78, 5) is 0. The molecule has 0 spiro atoms. The molecule has 0 aliphatic heterocycles. The van der Waals surface area contributed by atoms with E-state index in [4.69, 9.17) is 4.52 Å². The highest BCUT2D eigenvalue weighted by Gasteiger charge is 2.26. The molecule has 1 atom stereocenters. The van der Waals surface area contributed by atoms with Crippen molar-refractivity contribution in [2.75, 3.05) is 0 Å². The molecule has 0 saturated carbocycles. The van der Waals surface area contributed by atoms with E-state index in [1.807, 2.05) is 58.9 Å². The summed E-state index contributed by atoms with van der Waals surface area (Å²) in [5.74, 6) is 0.541. The van der Waals surface area contributed by atoms with Crippen molar-refractivity contribution in [3.63, 3.8) is 0 Å². The lowest BCUT2D eigenvalue weighted by molar-refractivity contribution is 0.410. The van der Waals surface area contributed by atoms with Gasteiger partial charge in [-0.1, -0.05) is 33.8 Å². The molecule has 0 aliphatic rings. The van der Waals surface area contributed by atoms with E-state index in [-0.39, 0.29) is 0 Å². The van der Waals surface area contributed by atoms with Gasteiger partial charge in [-0.3, -0.25) is 0 Å². The first-order valence-electron chi connectivity index (χ1n) is 6.79. The van der Waals surface area contributed by atoms with Gasteiger partial charge in [0.2, 0.25) is 0 Å². The Morgan fingerprint density at radius 3 is 2.52 bits per heavy atom. The Bertz CT molecular complexity index is 657. The third-order valence-electron chi connectivity index (χ3n) is 3.09. The summed E-state index contributed by atoms with van der Waals surface area (Å²) in [5.41, 5.74) is 3.89. The summed E-state index contributed by atoms with van der Waals surface area (Å²) in [6.07, 6.45) is 1.52. The summed E-state index contributed by atoms with van der Waals surface area (Å²) in [6, 6.07) is 8.02. The molecule has 0 saturated heterocycles. The van der Waals surface area contributed by atoms with Crippen LogP contribution in [0.5, 0.6) is 0 Å². The molecular weight excluding hydrogens is 284 g/mol. The molecule has 0 amide bonds. The Labute approximate surface area is 128 Å². The van der Waals surface area contributed by atoms with Gasteiger partial charge in [-0.15, -0.1) is 0 Å². The Hall–Kier alpha value is -1.59. The first-order valence-corrected chi connectivity index (χ1v) is 7.89. The van der Waals surface area contributed by atoms with Crippen LogP contribution < -0.4 is 0 Å². The van der Waals surface area contributed by atoms with Crippen LogP contribution >= 0.6 is 0 Å². The van der Waals surface area contributed by atoms with Crippen molar-refractivity contribution in [2.45, 2.75) is 39.4 Å². The number of nitrogens with zero attached hydrogens (tertiary/aromatic N) is 2. The number of hydrogen-bond donors (Lipinski definition) is 0. The zero-order chi connectivity index (χ0) is 15.6. The number of rotatable bonds is 3. The molecule has 0 aliphatic carbocycles. The predicted octanol–water partition coefficient (Wildman–Crippen LogP) is 3.84. The fourth-order valence-corrected chi connectivity index (χ4v) is 2.42. The van der Waals surface area contributed by atoms with Crippen LogP contribution in [-0.2, 0) is 11.4 Å². The molecular formula is C16H20N2O2S. The van der Waals surface area contributed by atoms with Gasteiger partial charge < -0.3 is 9.08 Å². The lowest BCUT2D eigenvalue weighted by atomic mass is 9.99. The minimum absolute atomic E-state index is 0.394. The van der Waals surface area contributed by atoms with Crippen LogP contribution in [0.4, 0.5) is 0 Å². The van der Waals surface area contributed by atoms with Crippen molar-refractivity contribution in [2.24, 2.45) is 4.40 Å². The molecule has 0 fully saturated rings. The van der Waals surface area contributed by atoms with Crippen molar-refractivity contribution in [1.82, 2.24) is 5.16 Å². The van der Waals surface area contributed by atoms with Crippen LogP contribution in [-0.4, -0.2) is 20.7 Å². The van der Waals surface area contributed by atoms with Gasteiger partial charge in [0.1, 0.15) is 22.3 Å². The van der Waals surface area contributed by atoms with E-state index in [2.05, 4.69) is 9.55 Å². The number of hydrogen-bond acceptors (Lipinski definition) is 4. The highest BCUT2D eigenvalue weighted by molar-refractivity contribution is 7.91. The number of aryl methyl sites for hydroxylation is 2. The second kappa shape index (κ2) is 6.03. The first-order chi connectivity index (χ1) is 9.80. The maximum atomic E-state index is 12.0. The largest absolute Gasteiger partial charge is 0.591 e. The smallest absolute Gasteiger partial charge is 0.190 e. The van der Waals surface area contributed by atoms with E-state index < -0.39 is 16.1 Å². The Kier molecular flexibility index (Phi) is 4.54. The molecule has 1 aromatic heterocycles. The molecule has 0 bridgehead atoms. The molecule has 1 unspecified atom stereocenters. The highest BCUT2D eigenvalue weighted by atomic mass is 32.2. The fraction of sp³-hybridized carbons (Fsp3) is 0.375. The van der Waals surface area contributed by atoms with Crippen LogP contribution in [0.3, 0.4) is 0 Å². The molecule has 1 heterocycles. The normalized spacial score (nSPS) is 13.8. The minimum atomic E-state index is -1.32. The average Bonchev–Trinajstić information content (AvgIpc) is 2.77. The minimum Gasteiger partial charge on any atom is -0.591 e. The maximum Gasteiger partial charge on any atom is 0.190 e. The second-order valence-electron chi connectivity index (χ2n) is 5.92. The molecule has 1 aromatic carbocycles. The Balaban J connectivity index is 2.40. The predicted molar refractivity (Wildman–Crippen MR) is 86.9 cm³/mol. The summed E-state index contributed by atoms with van der Waals surface area (Å²) in [5, 5.41) is 4.01. The van der Waals surface area contributed by atoms with Gasteiger partial charge in [-0.05, 0) is 45.7 Å². The maximum absolute atomic E-state index is 12.0. The van der Waals surface area contributed by atoms with E-state index in [0.29, 0.717) is 5.76 Å². The quantitative estimate of drug-likeness (QED) is 0.639. The monoisotopic (exact) mass is 304 g/mol. The van der Waals surface area contributed by atoms with E-state index in [1.54, 1.807) is 0 Å². The summed E-state index contributed by atoms with van der Waals surface area (Å²) >= 11 is -1.32. The zero-order valence-electron chi connectivity index (χ0n) is 13.0. The molecule has 21 heavy (non-hydrogen) atoms. The third kappa shape index (κ3) is 3.54. The van der Waals surface area contributed by atoms with Crippen molar-refractivity contribution in [1.29, 1.82) is 0 Å². The van der Waals surface area contributed by atoms with E-state index >= 15 is 0 Å². The van der Waals surface area contributed by atoms with Crippen molar-refractivity contribution in [3.05, 3.63) is 41.3 Å². The van der Waals surface area contributed by atoms with Crippen molar-refractivity contribution >= 4 is 17.6 Å². The van der Waals surface area contributed by atoms with Gasteiger partial charge in [-0.25, -0.2) is 0 Å². The summed E-state index contributed by atoms with van der Waals surface area (Å²) in [7, 11) is 0. The number of benzene rings is 1. The van der Waals surface area contributed by atoms with Crippen LogP contribution in [0.1, 0.15) is 37.8 Å². The van der Waals surface area contributed by atoms with Crippen LogP contribution in [0.15, 0.2) is 33.2 Å². The average molecular weight is 304 g/mol. The lowest BCUT2D eigenvalue weighted by Crippen LogP contribution is -2.25. The van der Waals surface area contributed by atoms with Gasteiger partial charge >= 0.3 is 0 Å². The van der Waals surface area contributed by atoms with Crippen LogP contribution in [0.25, 0.3) is 11.1 Å². The highest BCUT2D eigenvalue weighted by Crippen LogP contribution is 2.29. The topological polar surface area (TPSA) is 61.5 Å². The van der Waals surface area contributed by atoms with E-state index in [9.17, 15) is 4.55 Å². The van der Waals surface area contributed by atoms with Gasteiger partial charge in [0.05, 0.1) is 11.3 Å². The van der Waals surface area contributed by atoms with E-state index in [0.717, 1.165) is 22.4 Å². The van der Waals surface area contributed by atoms with Gasteiger partial charge in [0, 0.05) is 0 Å². The second-order valence-corrected chi connectivity index (χ2v) is 7.85. The molecule has 0 N–H and O–H groups in total. The van der Waals surface area contributed by atoms with Gasteiger partial charge in [0.25, 0.3) is 0 Å².